The number of aryl methyl sites for hydroxylation is 1. The summed E-state index contributed by atoms with van der Waals surface area (Å²) in [6, 6.07) is 6.60. The normalized spacial score (nSPS) is 18.7. The highest BCUT2D eigenvalue weighted by Crippen LogP contribution is 2.28. The van der Waals surface area contributed by atoms with Crippen molar-refractivity contribution in [3.63, 3.8) is 0 Å². The van der Waals surface area contributed by atoms with E-state index in [1.165, 1.54) is 11.1 Å². The lowest BCUT2D eigenvalue weighted by Gasteiger charge is -2.15. The summed E-state index contributed by atoms with van der Waals surface area (Å²) in [5.41, 5.74) is 2.48. The average Bonchev–Trinajstić information content (AvgIpc) is 3.22. The molecule has 8 nitrogen and oxygen atoms in total. The molecule has 3 heterocycles. The van der Waals surface area contributed by atoms with Crippen LogP contribution in [0.5, 0.6) is 5.75 Å². The molecular formula is C17H23N5O3S. The lowest BCUT2D eigenvalue weighted by molar-refractivity contribution is 0.356. The van der Waals surface area contributed by atoms with E-state index >= 15 is 0 Å². The summed E-state index contributed by atoms with van der Waals surface area (Å²) in [6.45, 7) is 4.66. The number of ether oxygens (including phenoxy) is 1. The second-order valence-electron chi connectivity index (χ2n) is 6.74. The molecule has 2 N–H and O–H groups in total. The van der Waals surface area contributed by atoms with Crippen molar-refractivity contribution in [2.45, 2.75) is 31.7 Å². The van der Waals surface area contributed by atoms with E-state index in [1.54, 1.807) is 4.68 Å². The van der Waals surface area contributed by atoms with Gasteiger partial charge in [0.25, 0.3) is 0 Å². The number of nitrogens with one attached hydrogen (secondary N) is 2. The summed E-state index contributed by atoms with van der Waals surface area (Å²) in [4.78, 5) is 4.28. The van der Waals surface area contributed by atoms with Crippen molar-refractivity contribution >= 4 is 15.8 Å². The van der Waals surface area contributed by atoms with Crippen molar-refractivity contribution in [1.82, 2.24) is 20.1 Å². The van der Waals surface area contributed by atoms with Gasteiger partial charge < -0.3 is 15.4 Å². The van der Waals surface area contributed by atoms with Crippen LogP contribution in [0, 0.1) is 0 Å². The third-order valence-electron chi connectivity index (χ3n) is 4.79. The molecule has 0 fully saturated rings. The summed E-state index contributed by atoms with van der Waals surface area (Å²) < 4.78 is 30.6. The van der Waals surface area contributed by atoms with Gasteiger partial charge in [-0.1, -0.05) is 12.1 Å². The number of sulfone groups is 1. The van der Waals surface area contributed by atoms with E-state index in [0.29, 0.717) is 24.9 Å². The molecule has 4 rings (SSSR count). The van der Waals surface area contributed by atoms with Crippen molar-refractivity contribution in [1.29, 1.82) is 0 Å². The Bertz CT molecular complexity index is 909. The Balaban J connectivity index is 1.27. The molecule has 2 aromatic rings. The number of aromatic nitrogens is 3. The minimum Gasteiger partial charge on any atom is -0.493 e. The largest absolute Gasteiger partial charge is 0.493 e. The summed E-state index contributed by atoms with van der Waals surface area (Å²) in [6.07, 6.45) is 0.990. The monoisotopic (exact) mass is 377 g/mol. The number of benzene rings is 1. The average molecular weight is 377 g/mol. The molecule has 2 aliphatic rings. The van der Waals surface area contributed by atoms with E-state index in [2.05, 4.69) is 45.8 Å². The molecule has 0 radical (unpaired) electrons. The van der Waals surface area contributed by atoms with Gasteiger partial charge in [0.2, 0.25) is 5.95 Å². The summed E-state index contributed by atoms with van der Waals surface area (Å²) in [5, 5.41) is 10.9. The summed E-state index contributed by atoms with van der Waals surface area (Å²) in [7, 11) is -3.03. The van der Waals surface area contributed by atoms with Crippen molar-refractivity contribution in [3.05, 3.63) is 35.2 Å². The first-order valence-electron chi connectivity index (χ1n) is 8.87. The van der Waals surface area contributed by atoms with Crippen LogP contribution in [0.15, 0.2) is 18.2 Å². The molecule has 0 unspecified atom stereocenters. The molecule has 0 aliphatic carbocycles. The topological polar surface area (TPSA) is 98.1 Å². The second kappa shape index (κ2) is 6.88. The molecule has 140 valence electrons. The zero-order valence-electron chi connectivity index (χ0n) is 14.7. The number of nitrogens with zero attached hydrogens (tertiary/aromatic N) is 3. The maximum absolute atomic E-state index is 11.6. The van der Waals surface area contributed by atoms with Crippen LogP contribution < -0.4 is 15.4 Å². The Morgan fingerprint density at radius 2 is 2.23 bits per heavy atom. The first-order valence-corrected chi connectivity index (χ1v) is 10.7. The second-order valence-corrected chi connectivity index (χ2v) is 8.92. The van der Waals surface area contributed by atoms with E-state index in [4.69, 9.17) is 4.74 Å². The predicted octanol–water partition coefficient (Wildman–Crippen LogP) is 0.904. The number of fused-ring (bicyclic) bond motifs is 2. The van der Waals surface area contributed by atoms with Crippen LogP contribution in [-0.4, -0.2) is 48.6 Å². The fraction of sp³-hybridized carbons (Fsp3) is 0.529. The van der Waals surface area contributed by atoms with Gasteiger partial charge >= 0.3 is 0 Å². The van der Waals surface area contributed by atoms with Gasteiger partial charge in [-0.15, -0.1) is 5.10 Å². The van der Waals surface area contributed by atoms with Crippen LogP contribution in [0.25, 0.3) is 0 Å². The molecule has 1 atom stereocenters. The third-order valence-corrected chi connectivity index (χ3v) is 6.29. The van der Waals surface area contributed by atoms with E-state index < -0.39 is 9.84 Å². The van der Waals surface area contributed by atoms with E-state index in [9.17, 15) is 8.42 Å². The van der Waals surface area contributed by atoms with Crippen LogP contribution in [0.4, 0.5) is 5.95 Å². The molecule has 2 aliphatic heterocycles. The number of rotatable bonds is 6. The maximum Gasteiger partial charge on any atom is 0.242 e. The predicted molar refractivity (Wildman–Crippen MR) is 98.1 cm³/mol. The van der Waals surface area contributed by atoms with Gasteiger partial charge in [0.1, 0.15) is 17.3 Å². The molecule has 0 bridgehead atoms. The highest BCUT2D eigenvalue weighted by Gasteiger charge is 2.24. The quantitative estimate of drug-likeness (QED) is 0.722. The Morgan fingerprint density at radius 1 is 1.35 bits per heavy atom. The smallest absolute Gasteiger partial charge is 0.242 e. The number of anilines is 1. The standard InChI is InChI=1S/C17H23N5O3S/c1-12(14-3-2-13-4-8-25-15(13)10-14)18-5-6-19-17-20-16-11-26(23,24)9-7-22(16)21-17/h2-3,10,12,18H,4-9,11H2,1H3,(H,19,21)/t12-/m0/s1. The molecule has 0 saturated carbocycles. The first kappa shape index (κ1) is 17.3. The Morgan fingerprint density at radius 3 is 3.12 bits per heavy atom. The van der Waals surface area contributed by atoms with Crippen molar-refractivity contribution in [2.75, 3.05) is 30.8 Å². The van der Waals surface area contributed by atoms with Gasteiger partial charge in [-0.2, -0.15) is 4.98 Å². The Hall–Kier alpha value is -2.13. The van der Waals surface area contributed by atoms with Crippen LogP contribution in [0.2, 0.25) is 0 Å². The summed E-state index contributed by atoms with van der Waals surface area (Å²) in [5.74, 6) is 2.09. The van der Waals surface area contributed by atoms with Crippen LogP contribution >= 0.6 is 0 Å². The van der Waals surface area contributed by atoms with Gasteiger partial charge in [-0.05, 0) is 24.1 Å². The maximum atomic E-state index is 11.6. The highest BCUT2D eigenvalue weighted by molar-refractivity contribution is 7.90. The molecule has 1 aromatic heterocycles. The fourth-order valence-electron chi connectivity index (χ4n) is 3.26. The van der Waals surface area contributed by atoms with Gasteiger partial charge in [-0.3, -0.25) is 0 Å². The molecular weight excluding hydrogens is 354 g/mol. The van der Waals surface area contributed by atoms with Gasteiger partial charge in [0, 0.05) is 25.6 Å². The third kappa shape index (κ3) is 3.68. The molecule has 9 heteroatoms. The number of hydrogen-bond acceptors (Lipinski definition) is 7. The highest BCUT2D eigenvalue weighted by atomic mass is 32.2. The molecule has 1 aromatic carbocycles. The number of hydrogen-bond donors (Lipinski definition) is 2. The van der Waals surface area contributed by atoms with Crippen LogP contribution in [0.1, 0.15) is 29.9 Å². The molecule has 0 spiro atoms. The van der Waals surface area contributed by atoms with Crippen LogP contribution in [-0.2, 0) is 28.6 Å². The fourth-order valence-corrected chi connectivity index (χ4v) is 4.47. The van der Waals surface area contributed by atoms with Crippen molar-refractivity contribution < 1.29 is 13.2 Å². The zero-order chi connectivity index (χ0) is 18.1. The van der Waals surface area contributed by atoms with E-state index in [-0.39, 0.29) is 17.5 Å². The van der Waals surface area contributed by atoms with E-state index in [0.717, 1.165) is 25.3 Å². The van der Waals surface area contributed by atoms with Gasteiger partial charge in [-0.25, -0.2) is 13.1 Å². The van der Waals surface area contributed by atoms with Gasteiger partial charge in [0.05, 0.1) is 18.9 Å². The molecule has 26 heavy (non-hydrogen) atoms. The molecule has 0 saturated heterocycles. The SMILES string of the molecule is C[C@H](NCCNc1nc2n(n1)CCS(=O)(=O)C2)c1ccc2c(c1)OCC2. The van der Waals surface area contributed by atoms with Gasteiger partial charge in [0.15, 0.2) is 9.84 Å². The Labute approximate surface area is 152 Å². The lowest BCUT2D eigenvalue weighted by atomic mass is 10.0. The van der Waals surface area contributed by atoms with Crippen molar-refractivity contribution in [2.24, 2.45) is 0 Å². The lowest BCUT2D eigenvalue weighted by Crippen LogP contribution is -2.25. The van der Waals surface area contributed by atoms with Crippen molar-refractivity contribution in [3.8, 4) is 5.75 Å². The molecule has 0 amide bonds. The van der Waals surface area contributed by atoms with Crippen LogP contribution in [0.3, 0.4) is 0 Å². The minimum absolute atomic E-state index is 0.0304. The minimum atomic E-state index is -3.03. The van der Waals surface area contributed by atoms with E-state index in [1.807, 2.05) is 0 Å². The Kier molecular flexibility index (Phi) is 4.58. The summed E-state index contributed by atoms with van der Waals surface area (Å²) >= 11 is 0. The first-order chi connectivity index (χ1) is 12.5. The zero-order valence-corrected chi connectivity index (χ0v) is 15.6.